The number of aromatic nitrogens is 2. The Morgan fingerprint density at radius 3 is 2.07 bits per heavy atom. The monoisotopic (exact) mass is 402 g/mol. The zero-order chi connectivity index (χ0) is 21.2. The Kier molecular flexibility index (Phi) is 6.00. The summed E-state index contributed by atoms with van der Waals surface area (Å²) in [6.07, 6.45) is 0.484. The molecule has 2 amide bonds. The van der Waals surface area contributed by atoms with Crippen LogP contribution in [0.3, 0.4) is 0 Å². The number of imidazole rings is 1. The Balaban J connectivity index is 1.69. The fraction of sp³-hybridized carbons (Fsp3) is 0.571. The van der Waals surface area contributed by atoms with Gasteiger partial charge in [0.1, 0.15) is 12.1 Å². The topological polar surface area (TPSA) is 76.8 Å². The van der Waals surface area contributed by atoms with Crippen LogP contribution in [0.4, 0.5) is 4.79 Å². The summed E-state index contributed by atoms with van der Waals surface area (Å²) in [5.74, 6) is -0.115. The number of para-hydroxylation sites is 2. The van der Waals surface area contributed by atoms with Crippen LogP contribution in [-0.4, -0.2) is 62.7 Å². The second-order valence-corrected chi connectivity index (χ2v) is 8.36. The summed E-state index contributed by atoms with van der Waals surface area (Å²) in [6.45, 7) is 9.85. The van der Waals surface area contributed by atoms with Crippen LogP contribution in [0, 0.1) is 0 Å². The third-order valence-corrected chi connectivity index (χ3v) is 4.95. The molecule has 158 valence electrons. The van der Waals surface area contributed by atoms with Gasteiger partial charge in [-0.1, -0.05) is 19.1 Å². The van der Waals surface area contributed by atoms with E-state index in [0.29, 0.717) is 32.7 Å². The van der Waals surface area contributed by atoms with E-state index in [1.807, 2.05) is 52.0 Å². The van der Waals surface area contributed by atoms with Crippen LogP contribution in [0.15, 0.2) is 29.1 Å². The van der Waals surface area contributed by atoms with E-state index in [2.05, 4.69) is 0 Å². The van der Waals surface area contributed by atoms with Crippen molar-refractivity contribution in [1.82, 2.24) is 18.9 Å². The zero-order valence-corrected chi connectivity index (χ0v) is 17.7. The lowest BCUT2D eigenvalue weighted by Gasteiger charge is -2.35. The van der Waals surface area contributed by atoms with Gasteiger partial charge in [-0.3, -0.25) is 13.9 Å². The summed E-state index contributed by atoms with van der Waals surface area (Å²) >= 11 is 0. The molecular weight excluding hydrogens is 372 g/mol. The smallest absolute Gasteiger partial charge is 0.410 e. The number of nitrogens with zero attached hydrogens (tertiary/aromatic N) is 4. The molecule has 0 N–H and O–H groups in total. The lowest BCUT2D eigenvalue weighted by atomic mass is 10.2. The number of carbonyl (C=O) groups excluding carboxylic acids is 2. The first-order valence-electron chi connectivity index (χ1n) is 10.1. The number of amides is 2. The summed E-state index contributed by atoms with van der Waals surface area (Å²) in [5, 5.41) is 0. The van der Waals surface area contributed by atoms with Gasteiger partial charge in [0, 0.05) is 32.7 Å². The fourth-order valence-corrected chi connectivity index (χ4v) is 3.57. The molecule has 1 aromatic carbocycles. The highest BCUT2D eigenvalue weighted by molar-refractivity contribution is 5.81. The molecule has 2 aromatic rings. The van der Waals surface area contributed by atoms with Crippen LogP contribution in [-0.2, 0) is 22.6 Å². The van der Waals surface area contributed by atoms with E-state index in [1.165, 1.54) is 0 Å². The highest BCUT2D eigenvalue weighted by Crippen LogP contribution is 2.15. The van der Waals surface area contributed by atoms with Crippen LogP contribution in [0.25, 0.3) is 11.0 Å². The Hall–Kier alpha value is -2.77. The van der Waals surface area contributed by atoms with Crippen LogP contribution in [0.5, 0.6) is 0 Å². The highest BCUT2D eigenvalue weighted by atomic mass is 16.6. The maximum atomic E-state index is 12.9. The number of benzene rings is 1. The number of hydrogen-bond donors (Lipinski definition) is 0. The molecule has 3 rings (SSSR count). The second kappa shape index (κ2) is 8.31. The number of ether oxygens (including phenoxy) is 1. The van der Waals surface area contributed by atoms with Crippen molar-refractivity contribution in [2.24, 2.45) is 0 Å². The summed E-state index contributed by atoms with van der Waals surface area (Å²) in [4.78, 5) is 41.2. The van der Waals surface area contributed by atoms with Crippen molar-refractivity contribution < 1.29 is 14.3 Å². The molecule has 0 atom stereocenters. The Morgan fingerprint density at radius 1 is 0.966 bits per heavy atom. The normalized spacial score (nSPS) is 15.0. The van der Waals surface area contributed by atoms with Gasteiger partial charge in [-0.15, -0.1) is 0 Å². The lowest BCUT2D eigenvalue weighted by Crippen LogP contribution is -2.52. The van der Waals surface area contributed by atoms with Gasteiger partial charge in [0.05, 0.1) is 11.0 Å². The molecule has 1 aliphatic heterocycles. The third kappa shape index (κ3) is 4.63. The molecule has 1 fully saturated rings. The number of aryl methyl sites for hydroxylation is 1. The van der Waals surface area contributed by atoms with Crippen molar-refractivity contribution >= 4 is 23.0 Å². The number of rotatable bonds is 4. The minimum atomic E-state index is -0.544. The highest BCUT2D eigenvalue weighted by Gasteiger charge is 2.28. The van der Waals surface area contributed by atoms with E-state index < -0.39 is 5.60 Å². The summed E-state index contributed by atoms with van der Waals surface area (Å²) < 4.78 is 8.67. The molecule has 29 heavy (non-hydrogen) atoms. The van der Waals surface area contributed by atoms with Gasteiger partial charge >= 0.3 is 11.8 Å². The van der Waals surface area contributed by atoms with Crippen LogP contribution < -0.4 is 5.69 Å². The van der Waals surface area contributed by atoms with Gasteiger partial charge in [-0.2, -0.15) is 0 Å². The van der Waals surface area contributed by atoms with Gasteiger partial charge in [-0.25, -0.2) is 9.59 Å². The molecule has 8 nitrogen and oxygen atoms in total. The number of carbonyl (C=O) groups is 2. The maximum absolute atomic E-state index is 12.9. The summed E-state index contributed by atoms with van der Waals surface area (Å²) in [7, 11) is 0. The molecule has 1 aromatic heterocycles. The quantitative estimate of drug-likeness (QED) is 0.786. The van der Waals surface area contributed by atoms with Crippen molar-refractivity contribution in [3.63, 3.8) is 0 Å². The first kappa shape index (κ1) is 21.0. The SMILES string of the molecule is CCCn1c(=O)n(CC(=O)N2CCN(C(=O)OC(C)(C)C)CC2)c2ccccc21. The Labute approximate surface area is 170 Å². The van der Waals surface area contributed by atoms with Gasteiger partial charge in [0.15, 0.2) is 0 Å². The standard InChI is InChI=1S/C21H30N4O4/c1-5-10-24-16-8-6-7-9-17(16)25(19(24)27)15-18(26)22-11-13-23(14-12-22)20(28)29-21(2,3)4/h6-9H,5,10-15H2,1-4H3. The number of piperazine rings is 1. The molecule has 0 saturated carbocycles. The lowest BCUT2D eigenvalue weighted by molar-refractivity contribution is -0.133. The maximum Gasteiger partial charge on any atom is 0.410 e. The van der Waals surface area contributed by atoms with Crippen molar-refractivity contribution in [3.05, 3.63) is 34.7 Å². The van der Waals surface area contributed by atoms with E-state index in [1.54, 1.807) is 18.9 Å². The van der Waals surface area contributed by atoms with Crippen LogP contribution >= 0.6 is 0 Å². The predicted octanol–water partition coefficient (Wildman–Crippen LogP) is 2.29. The third-order valence-electron chi connectivity index (χ3n) is 4.95. The largest absolute Gasteiger partial charge is 0.444 e. The minimum absolute atomic E-state index is 0.00248. The van der Waals surface area contributed by atoms with E-state index in [0.717, 1.165) is 17.5 Å². The minimum Gasteiger partial charge on any atom is -0.444 e. The molecule has 0 unspecified atom stereocenters. The van der Waals surface area contributed by atoms with E-state index >= 15 is 0 Å². The number of hydrogen-bond acceptors (Lipinski definition) is 4. The van der Waals surface area contributed by atoms with E-state index in [4.69, 9.17) is 4.74 Å². The molecule has 2 heterocycles. The average Bonchev–Trinajstić information content (AvgIpc) is 2.93. The van der Waals surface area contributed by atoms with Crippen molar-refractivity contribution in [1.29, 1.82) is 0 Å². The molecule has 0 aliphatic carbocycles. The molecule has 0 spiro atoms. The van der Waals surface area contributed by atoms with Gasteiger partial charge in [0.25, 0.3) is 0 Å². The molecule has 0 bridgehead atoms. The van der Waals surface area contributed by atoms with Gasteiger partial charge in [0.2, 0.25) is 5.91 Å². The van der Waals surface area contributed by atoms with E-state index in [9.17, 15) is 14.4 Å². The van der Waals surface area contributed by atoms with Crippen molar-refractivity contribution in [2.45, 2.75) is 52.8 Å². The molecule has 0 radical (unpaired) electrons. The zero-order valence-electron chi connectivity index (χ0n) is 17.7. The predicted molar refractivity (Wildman–Crippen MR) is 111 cm³/mol. The second-order valence-electron chi connectivity index (χ2n) is 8.36. The first-order chi connectivity index (χ1) is 13.7. The van der Waals surface area contributed by atoms with Gasteiger partial charge < -0.3 is 14.5 Å². The first-order valence-corrected chi connectivity index (χ1v) is 10.1. The average molecular weight is 402 g/mol. The van der Waals surface area contributed by atoms with Crippen LogP contribution in [0.1, 0.15) is 34.1 Å². The van der Waals surface area contributed by atoms with Crippen LogP contribution in [0.2, 0.25) is 0 Å². The number of fused-ring (bicyclic) bond motifs is 1. The van der Waals surface area contributed by atoms with Gasteiger partial charge in [-0.05, 0) is 39.3 Å². The molecule has 1 saturated heterocycles. The van der Waals surface area contributed by atoms with E-state index in [-0.39, 0.29) is 24.2 Å². The summed E-state index contributed by atoms with van der Waals surface area (Å²) in [5.41, 5.74) is 0.917. The molecule has 1 aliphatic rings. The van der Waals surface area contributed by atoms with Crippen molar-refractivity contribution in [3.8, 4) is 0 Å². The summed E-state index contributed by atoms with van der Waals surface area (Å²) in [6, 6.07) is 7.55. The molecule has 8 heteroatoms. The van der Waals surface area contributed by atoms with Crippen molar-refractivity contribution in [2.75, 3.05) is 26.2 Å². The fourth-order valence-electron chi connectivity index (χ4n) is 3.57. The Bertz CT molecular complexity index is 946. The Morgan fingerprint density at radius 2 is 1.52 bits per heavy atom. The molecular formula is C21H30N4O4.